The molecule has 0 saturated heterocycles. The van der Waals surface area contributed by atoms with Gasteiger partial charge in [-0.05, 0) is 61.6 Å². The molecule has 0 fully saturated rings. The van der Waals surface area contributed by atoms with Crippen LogP contribution < -0.4 is 11.1 Å². The standard InChI is InChI=1S/C28H32F2N6O2S/c1-4-18-6-5-7-19(9-18)14-32-15-23(24(31)12-20-10-21(29)13-22(30)11-20)25(26(37)38)39-28-35-34-27-33-16(2)8-17(3)36(27)28/h5-11,13,23-25,32H,4,12,14-15,31H2,1-3H3,(H,37,38)/t23-,24?,25+/m1/s1. The average Bonchev–Trinajstić information content (AvgIpc) is 3.27. The maximum absolute atomic E-state index is 13.9. The third-order valence-electron chi connectivity index (χ3n) is 6.58. The number of rotatable bonds is 12. The number of nitrogens with two attached hydrogens (primary N) is 1. The highest BCUT2D eigenvalue weighted by molar-refractivity contribution is 8.00. The molecule has 2 heterocycles. The number of nitrogens with zero attached hydrogens (tertiary/aromatic N) is 4. The Kier molecular flexibility index (Phi) is 9.26. The Morgan fingerprint density at radius 1 is 1.08 bits per heavy atom. The van der Waals surface area contributed by atoms with E-state index in [1.165, 1.54) is 17.7 Å². The van der Waals surface area contributed by atoms with Gasteiger partial charge in [0.15, 0.2) is 5.16 Å². The molecule has 1 unspecified atom stereocenters. The SMILES string of the molecule is CCc1cccc(CNC[C@H](C(N)Cc2cc(F)cc(F)c2)[C@H](Sc2nnc3nc(C)cc(C)n23)C(=O)O)c1. The van der Waals surface area contributed by atoms with E-state index in [0.717, 1.165) is 41.2 Å². The normalized spacial score (nSPS) is 13.9. The Morgan fingerprint density at radius 2 is 1.79 bits per heavy atom. The number of aryl methyl sites for hydroxylation is 3. The molecule has 2 aromatic carbocycles. The number of benzene rings is 2. The van der Waals surface area contributed by atoms with Crippen LogP contribution in [0, 0.1) is 31.4 Å². The zero-order valence-corrected chi connectivity index (χ0v) is 22.9. The van der Waals surface area contributed by atoms with Crippen molar-refractivity contribution in [1.82, 2.24) is 24.9 Å². The largest absolute Gasteiger partial charge is 0.480 e. The number of aliphatic carboxylic acids is 1. The summed E-state index contributed by atoms with van der Waals surface area (Å²) in [5.41, 5.74) is 10.8. The van der Waals surface area contributed by atoms with Gasteiger partial charge in [0, 0.05) is 42.5 Å². The lowest BCUT2D eigenvalue weighted by atomic mass is 9.90. The fourth-order valence-corrected chi connectivity index (χ4v) is 5.91. The fraction of sp³-hybridized carbons (Fsp3) is 0.357. The minimum Gasteiger partial charge on any atom is -0.480 e. The van der Waals surface area contributed by atoms with E-state index < -0.39 is 34.8 Å². The molecule has 0 saturated carbocycles. The van der Waals surface area contributed by atoms with E-state index in [9.17, 15) is 18.7 Å². The molecule has 4 N–H and O–H groups in total. The van der Waals surface area contributed by atoms with E-state index in [2.05, 4.69) is 39.6 Å². The summed E-state index contributed by atoms with van der Waals surface area (Å²) in [6, 6.07) is 12.5. The fourth-order valence-electron chi connectivity index (χ4n) is 4.69. The van der Waals surface area contributed by atoms with Crippen LogP contribution in [0.4, 0.5) is 8.78 Å². The summed E-state index contributed by atoms with van der Waals surface area (Å²) in [6.07, 6.45) is 1.00. The summed E-state index contributed by atoms with van der Waals surface area (Å²) in [5.74, 6) is -2.74. The van der Waals surface area contributed by atoms with Gasteiger partial charge in [0.2, 0.25) is 0 Å². The maximum Gasteiger partial charge on any atom is 0.317 e. The lowest BCUT2D eigenvalue weighted by Gasteiger charge is -2.29. The summed E-state index contributed by atoms with van der Waals surface area (Å²) >= 11 is 1.04. The quantitative estimate of drug-likeness (QED) is 0.224. The van der Waals surface area contributed by atoms with Crippen molar-refractivity contribution < 1.29 is 18.7 Å². The molecule has 4 rings (SSSR count). The highest BCUT2D eigenvalue weighted by atomic mass is 32.2. The summed E-state index contributed by atoms with van der Waals surface area (Å²) < 4.78 is 29.4. The van der Waals surface area contributed by atoms with Crippen molar-refractivity contribution in [3.63, 3.8) is 0 Å². The van der Waals surface area contributed by atoms with Gasteiger partial charge in [-0.25, -0.2) is 13.8 Å². The third-order valence-corrected chi connectivity index (χ3v) is 7.86. The Labute approximate surface area is 230 Å². The first-order chi connectivity index (χ1) is 18.6. The average molecular weight is 555 g/mol. The number of aromatic nitrogens is 4. The van der Waals surface area contributed by atoms with E-state index >= 15 is 0 Å². The Bertz CT molecular complexity index is 1440. The van der Waals surface area contributed by atoms with Gasteiger partial charge < -0.3 is 16.2 Å². The zero-order chi connectivity index (χ0) is 28.1. The molecule has 206 valence electrons. The number of carbonyl (C=O) groups is 1. The first kappa shape index (κ1) is 28.6. The Hall–Kier alpha value is -3.41. The van der Waals surface area contributed by atoms with E-state index in [1.54, 1.807) is 4.40 Å². The lowest BCUT2D eigenvalue weighted by Crippen LogP contribution is -2.47. The first-order valence-electron chi connectivity index (χ1n) is 12.7. The predicted octanol–water partition coefficient (Wildman–Crippen LogP) is 4.10. The van der Waals surface area contributed by atoms with Crippen LogP contribution in [0.5, 0.6) is 0 Å². The summed E-state index contributed by atoms with van der Waals surface area (Å²) in [4.78, 5) is 17.0. The second-order valence-electron chi connectivity index (χ2n) is 9.65. The van der Waals surface area contributed by atoms with Crippen LogP contribution in [0.2, 0.25) is 0 Å². The van der Waals surface area contributed by atoms with Crippen LogP contribution in [-0.2, 0) is 24.2 Å². The number of hydrogen-bond donors (Lipinski definition) is 3. The lowest BCUT2D eigenvalue weighted by molar-refractivity contribution is -0.137. The predicted molar refractivity (Wildman–Crippen MR) is 147 cm³/mol. The van der Waals surface area contributed by atoms with Crippen molar-refractivity contribution in [1.29, 1.82) is 0 Å². The topological polar surface area (TPSA) is 118 Å². The Morgan fingerprint density at radius 3 is 2.49 bits per heavy atom. The summed E-state index contributed by atoms with van der Waals surface area (Å²) in [6.45, 7) is 6.57. The van der Waals surface area contributed by atoms with Gasteiger partial charge in [-0.1, -0.05) is 43.0 Å². The monoisotopic (exact) mass is 554 g/mol. The molecular weight excluding hydrogens is 522 g/mol. The second-order valence-corrected chi connectivity index (χ2v) is 10.8. The smallest absolute Gasteiger partial charge is 0.317 e. The van der Waals surface area contributed by atoms with Crippen molar-refractivity contribution in [3.8, 4) is 0 Å². The molecule has 0 bridgehead atoms. The minimum absolute atomic E-state index is 0.0943. The van der Waals surface area contributed by atoms with E-state index in [4.69, 9.17) is 5.73 Å². The van der Waals surface area contributed by atoms with Crippen LogP contribution >= 0.6 is 11.8 Å². The zero-order valence-electron chi connectivity index (χ0n) is 22.1. The number of hydrogen-bond acceptors (Lipinski definition) is 7. The first-order valence-corrected chi connectivity index (χ1v) is 13.6. The molecule has 0 amide bonds. The minimum atomic E-state index is -1.07. The molecule has 0 spiro atoms. The second kappa shape index (κ2) is 12.6. The molecule has 0 aliphatic rings. The van der Waals surface area contributed by atoms with Gasteiger partial charge in [0.25, 0.3) is 5.78 Å². The van der Waals surface area contributed by atoms with Crippen LogP contribution in [0.3, 0.4) is 0 Å². The Balaban J connectivity index is 1.61. The van der Waals surface area contributed by atoms with Crippen LogP contribution in [-0.4, -0.2) is 48.5 Å². The van der Waals surface area contributed by atoms with Crippen LogP contribution in [0.1, 0.15) is 35.0 Å². The molecule has 0 aliphatic heterocycles. The highest BCUT2D eigenvalue weighted by Gasteiger charge is 2.35. The van der Waals surface area contributed by atoms with E-state index in [-0.39, 0.29) is 13.0 Å². The van der Waals surface area contributed by atoms with Crippen molar-refractivity contribution >= 4 is 23.5 Å². The molecule has 0 aliphatic carbocycles. The van der Waals surface area contributed by atoms with Crippen LogP contribution in [0.25, 0.3) is 5.78 Å². The molecular formula is C28H32F2N6O2S. The van der Waals surface area contributed by atoms with Gasteiger partial charge in [0.05, 0.1) is 0 Å². The molecule has 8 nitrogen and oxygen atoms in total. The number of thioether (sulfide) groups is 1. The number of carboxylic acid groups (broad SMARTS) is 1. The van der Waals surface area contributed by atoms with E-state index in [0.29, 0.717) is 23.0 Å². The number of fused-ring (bicyclic) bond motifs is 1. The number of nitrogens with one attached hydrogen (secondary N) is 1. The van der Waals surface area contributed by atoms with Crippen molar-refractivity contribution in [3.05, 3.63) is 88.2 Å². The molecule has 39 heavy (non-hydrogen) atoms. The van der Waals surface area contributed by atoms with E-state index in [1.807, 2.05) is 32.0 Å². The van der Waals surface area contributed by atoms with Crippen molar-refractivity contribution in [2.75, 3.05) is 6.54 Å². The molecule has 2 aromatic heterocycles. The summed E-state index contributed by atoms with van der Waals surface area (Å²) in [7, 11) is 0. The van der Waals surface area contributed by atoms with Gasteiger partial charge in [0.1, 0.15) is 16.9 Å². The highest BCUT2D eigenvalue weighted by Crippen LogP contribution is 2.31. The third kappa shape index (κ3) is 7.17. The molecule has 4 aromatic rings. The van der Waals surface area contributed by atoms with Crippen LogP contribution in [0.15, 0.2) is 53.7 Å². The molecule has 0 radical (unpaired) electrons. The van der Waals surface area contributed by atoms with Gasteiger partial charge >= 0.3 is 5.97 Å². The molecule has 3 atom stereocenters. The number of halogens is 2. The van der Waals surface area contributed by atoms with Crippen molar-refractivity contribution in [2.45, 2.75) is 56.6 Å². The molecule has 11 heteroatoms. The van der Waals surface area contributed by atoms with Crippen molar-refractivity contribution in [2.24, 2.45) is 11.7 Å². The summed E-state index contributed by atoms with van der Waals surface area (Å²) in [5, 5.41) is 21.4. The number of carboxylic acids is 1. The van der Waals surface area contributed by atoms with Gasteiger partial charge in [-0.3, -0.25) is 9.20 Å². The maximum atomic E-state index is 13.9. The van der Waals surface area contributed by atoms with Gasteiger partial charge in [-0.15, -0.1) is 10.2 Å². The van der Waals surface area contributed by atoms with Gasteiger partial charge in [-0.2, -0.15) is 0 Å².